The Bertz CT molecular complexity index is 992. The van der Waals surface area contributed by atoms with Gasteiger partial charge in [0.25, 0.3) is 0 Å². The molecule has 1 aliphatic rings. The van der Waals surface area contributed by atoms with E-state index in [9.17, 15) is 9.90 Å². The smallest absolute Gasteiger partial charge is 0.342 e. The highest BCUT2D eigenvalue weighted by Crippen LogP contribution is 2.36. The second-order valence-electron chi connectivity index (χ2n) is 7.68. The number of carbonyl (C=O) groups excluding carboxylic acids is 1. The van der Waals surface area contributed by atoms with Gasteiger partial charge in [0.15, 0.2) is 0 Å². The second-order valence-corrected chi connectivity index (χ2v) is 7.68. The first-order valence-electron chi connectivity index (χ1n) is 10.6. The summed E-state index contributed by atoms with van der Waals surface area (Å²) in [6.07, 6.45) is 1.92. The lowest BCUT2D eigenvalue weighted by atomic mass is 10.1. The molecule has 0 saturated carbocycles. The molecule has 6 heteroatoms. The maximum atomic E-state index is 12.7. The predicted molar refractivity (Wildman–Crippen MR) is 114 cm³/mol. The number of likely N-dealkylation sites (tertiary alicyclic amines) is 1. The zero-order valence-electron chi connectivity index (χ0n) is 17.2. The molecular formula is C24H28NO5+. The molecule has 0 bridgehead atoms. The van der Waals surface area contributed by atoms with E-state index in [0.717, 1.165) is 18.7 Å². The van der Waals surface area contributed by atoms with Crippen molar-refractivity contribution in [2.24, 2.45) is 0 Å². The highest BCUT2D eigenvalue weighted by atomic mass is 16.5. The van der Waals surface area contributed by atoms with Crippen molar-refractivity contribution in [3.63, 3.8) is 0 Å². The summed E-state index contributed by atoms with van der Waals surface area (Å²) in [5.74, 6) is 0.646. The number of benzene rings is 2. The lowest BCUT2D eigenvalue weighted by Gasteiger charge is -2.17. The van der Waals surface area contributed by atoms with Gasteiger partial charge in [0.2, 0.25) is 0 Å². The molecular weight excluding hydrogens is 382 g/mol. The minimum Gasteiger partial charge on any atom is -0.491 e. The summed E-state index contributed by atoms with van der Waals surface area (Å²) in [7, 11) is 0. The summed E-state index contributed by atoms with van der Waals surface area (Å²) < 4.78 is 17.1. The van der Waals surface area contributed by atoms with Crippen LogP contribution in [0.1, 0.15) is 30.1 Å². The Morgan fingerprint density at radius 1 is 1.17 bits per heavy atom. The van der Waals surface area contributed by atoms with Crippen LogP contribution in [-0.4, -0.2) is 50.0 Å². The van der Waals surface area contributed by atoms with Gasteiger partial charge in [-0.15, -0.1) is 0 Å². The molecule has 1 aromatic heterocycles. The van der Waals surface area contributed by atoms with Gasteiger partial charge < -0.3 is 23.9 Å². The zero-order valence-corrected chi connectivity index (χ0v) is 17.2. The first kappa shape index (κ1) is 20.4. The molecule has 1 atom stereocenters. The minimum atomic E-state index is -0.525. The van der Waals surface area contributed by atoms with E-state index in [-0.39, 0.29) is 13.2 Å². The molecule has 0 aliphatic carbocycles. The largest absolute Gasteiger partial charge is 0.491 e. The number of rotatable bonds is 8. The van der Waals surface area contributed by atoms with Gasteiger partial charge in [-0.25, -0.2) is 4.79 Å². The van der Waals surface area contributed by atoms with Crippen LogP contribution in [0.4, 0.5) is 0 Å². The summed E-state index contributed by atoms with van der Waals surface area (Å²) >= 11 is 0. The Balaban J connectivity index is 1.59. The quantitative estimate of drug-likeness (QED) is 0.559. The number of hydrogen-bond acceptors (Lipinski definition) is 5. The third kappa shape index (κ3) is 4.50. The molecule has 3 aromatic rings. The molecule has 0 spiro atoms. The van der Waals surface area contributed by atoms with Crippen molar-refractivity contribution in [2.45, 2.75) is 25.9 Å². The first-order chi connectivity index (χ1) is 14.7. The Hall–Kier alpha value is -2.83. The molecule has 1 saturated heterocycles. The molecule has 0 unspecified atom stereocenters. The van der Waals surface area contributed by atoms with Crippen molar-refractivity contribution >= 4 is 16.9 Å². The average Bonchev–Trinajstić information content (AvgIpc) is 3.40. The standard InChI is InChI=1S/C24H27NO5/c1-2-28-24(27)22-20-14-19(29-16-18(26)15-25-12-6-7-13-25)10-11-21(20)30-23(22)17-8-4-3-5-9-17/h3-5,8-11,14,18,26H,2,6-7,12-13,15-16H2,1H3/p+1/t18-/m1/s1. The van der Waals surface area contributed by atoms with E-state index in [2.05, 4.69) is 0 Å². The van der Waals surface area contributed by atoms with Gasteiger partial charge in [0.05, 0.1) is 19.7 Å². The summed E-state index contributed by atoms with van der Waals surface area (Å²) in [4.78, 5) is 14.1. The van der Waals surface area contributed by atoms with Crippen molar-refractivity contribution in [3.8, 4) is 17.1 Å². The lowest BCUT2D eigenvalue weighted by molar-refractivity contribution is -0.890. The van der Waals surface area contributed by atoms with Crippen molar-refractivity contribution in [2.75, 3.05) is 32.8 Å². The molecule has 4 rings (SSSR count). The molecule has 1 fully saturated rings. The number of fused-ring (bicyclic) bond motifs is 1. The summed E-state index contributed by atoms with van der Waals surface area (Å²) in [6, 6.07) is 14.9. The fraction of sp³-hybridized carbons (Fsp3) is 0.375. The van der Waals surface area contributed by atoms with Gasteiger partial charge in [0.1, 0.15) is 41.9 Å². The molecule has 6 nitrogen and oxygen atoms in total. The van der Waals surface area contributed by atoms with Crippen LogP contribution in [0, 0.1) is 0 Å². The number of esters is 1. The van der Waals surface area contributed by atoms with Crippen LogP contribution >= 0.6 is 0 Å². The molecule has 0 amide bonds. The molecule has 2 heterocycles. The number of quaternary nitrogens is 1. The minimum absolute atomic E-state index is 0.215. The number of ether oxygens (including phenoxy) is 2. The normalized spacial score (nSPS) is 15.4. The van der Waals surface area contributed by atoms with Crippen molar-refractivity contribution in [1.82, 2.24) is 0 Å². The number of hydrogen-bond donors (Lipinski definition) is 2. The van der Waals surface area contributed by atoms with Crippen LogP contribution in [0.2, 0.25) is 0 Å². The second kappa shape index (κ2) is 9.32. The average molecular weight is 410 g/mol. The number of aliphatic hydroxyl groups is 1. The van der Waals surface area contributed by atoms with Crippen LogP contribution in [0.3, 0.4) is 0 Å². The van der Waals surface area contributed by atoms with Crippen LogP contribution in [-0.2, 0) is 4.74 Å². The molecule has 0 radical (unpaired) electrons. The number of nitrogens with one attached hydrogen (secondary N) is 1. The SMILES string of the molecule is CCOC(=O)c1c(-c2ccccc2)oc2ccc(OC[C@H](O)C[NH+]3CCCC3)cc12. The van der Waals surface area contributed by atoms with Crippen molar-refractivity contribution in [3.05, 3.63) is 54.1 Å². The Labute approximate surface area is 176 Å². The van der Waals surface area contributed by atoms with Gasteiger partial charge in [-0.2, -0.15) is 0 Å². The number of aliphatic hydroxyl groups excluding tert-OH is 1. The Kier molecular flexibility index (Phi) is 6.35. The third-order valence-electron chi connectivity index (χ3n) is 5.45. The zero-order chi connectivity index (χ0) is 20.9. The summed E-state index contributed by atoms with van der Waals surface area (Å²) in [5.41, 5.74) is 1.79. The highest BCUT2D eigenvalue weighted by molar-refractivity contribution is 6.09. The summed E-state index contributed by atoms with van der Waals surface area (Å²) in [6.45, 7) is 5.20. The molecule has 2 N–H and O–H groups in total. The van der Waals surface area contributed by atoms with Crippen LogP contribution < -0.4 is 9.64 Å². The van der Waals surface area contributed by atoms with Crippen molar-refractivity contribution in [1.29, 1.82) is 0 Å². The number of furan rings is 1. The van der Waals surface area contributed by atoms with E-state index in [4.69, 9.17) is 13.9 Å². The van der Waals surface area contributed by atoms with E-state index in [1.54, 1.807) is 25.1 Å². The topological polar surface area (TPSA) is 73.3 Å². The van der Waals surface area contributed by atoms with Crippen molar-refractivity contribution < 1.29 is 28.7 Å². The molecule has 158 valence electrons. The van der Waals surface area contributed by atoms with E-state index in [0.29, 0.717) is 34.6 Å². The maximum Gasteiger partial charge on any atom is 0.342 e. The third-order valence-corrected chi connectivity index (χ3v) is 5.45. The van der Waals surface area contributed by atoms with Crippen LogP contribution in [0.25, 0.3) is 22.3 Å². The first-order valence-corrected chi connectivity index (χ1v) is 10.6. The van der Waals surface area contributed by atoms with Gasteiger partial charge >= 0.3 is 5.97 Å². The monoisotopic (exact) mass is 410 g/mol. The lowest BCUT2D eigenvalue weighted by Crippen LogP contribution is -3.11. The number of carbonyl (C=O) groups is 1. The van der Waals surface area contributed by atoms with E-state index < -0.39 is 12.1 Å². The summed E-state index contributed by atoms with van der Waals surface area (Å²) in [5, 5.41) is 11.0. The highest BCUT2D eigenvalue weighted by Gasteiger charge is 2.24. The molecule has 1 aliphatic heterocycles. The fourth-order valence-electron chi connectivity index (χ4n) is 4.03. The van der Waals surface area contributed by atoms with Gasteiger partial charge in [-0.3, -0.25) is 0 Å². The van der Waals surface area contributed by atoms with Crippen LogP contribution in [0.5, 0.6) is 5.75 Å². The predicted octanol–water partition coefficient (Wildman–Crippen LogP) is 2.69. The van der Waals surface area contributed by atoms with Gasteiger partial charge in [-0.05, 0) is 25.1 Å². The van der Waals surface area contributed by atoms with E-state index >= 15 is 0 Å². The Morgan fingerprint density at radius 3 is 2.67 bits per heavy atom. The van der Waals surface area contributed by atoms with Gasteiger partial charge in [-0.1, -0.05) is 30.3 Å². The van der Waals surface area contributed by atoms with Crippen LogP contribution in [0.15, 0.2) is 52.9 Å². The maximum absolute atomic E-state index is 12.7. The molecule has 2 aromatic carbocycles. The van der Waals surface area contributed by atoms with Gasteiger partial charge in [0, 0.05) is 23.8 Å². The molecule has 30 heavy (non-hydrogen) atoms. The fourth-order valence-corrected chi connectivity index (χ4v) is 4.03. The van der Waals surface area contributed by atoms with E-state index in [1.807, 2.05) is 30.3 Å². The van der Waals surface area contributed by atoms with E-state index in [1.165, 1.54) is 17.7 Å². The Morgan fingerprint density at radius 2 is 1.93 bits per heavy atom.